The van der Waals surface area contributed by atoms with Gasteiger partial charge < -0.3 is 5.32 Å². The van der Waals surface area contributed by atoms with Gasteiger partial charge in [-0.1, -0.05) is 47.5 Å². The molecule has 3 rings (SSSR count). The number of benzene rings is 2. The number of nitrogens with one attached hydrogen (secondary N) is 1. The van der Waals surface area contributed by atoms with Crippen LogP contribution < -0.4 is 5.32 Å². The Bertz CT molecular complexity index is 629. The van der Waals surface area contributed by atoms with E-state index < -0.39 is 0 Å². The normalized spacial score (nSPS) is 14.6. The van der Waals surface area contributed by atoms with Gasteiger partial charge in [-0.25, -0.2) is 0 Å². The van der Waals surface area contributed by atoms with E-state index in [1.165, 1.54) is 35.1 Å². The zero-order valence-electron chi connectivity index (χ0n) is 12.0. The summed E-state index contributed by atoms with van der Waals surface area (Å²) in [6.45, 7) is 5.17. The second-order valence-electron chi connectivity index (χ2n) is 5.79. The second-order valence-corrected chi connectivity index (χ2v) is 6.19. The van der Waals surface area contributed by atoms with Gasteiger partial charge in [0.25, 0.3) is 0 Å². The van der Waals surface area contributed by atoms with Crippen molar-refractivity contribution < 1.29 is 0 Å². The van der Waals surface area contributed by atoms with E-state index in [9.17, 15) is 0 Å². The Balaban J connectivity index is 1.85. The van der Waals surface area contributed by atoms with Crippen molar-refractivity contribution >= 4 is 11.6 Å². The third-order valence-corrected chi connectivity index (χ3v) is 4.19. The minimum absolute atomic E-state index is 0.729. The molecule has 0 aromatic heterocycles. The monoisotopic (exact) mass is 285 g/mol. The summed E-state index contributed by atoms with van der Waals surface area (Å²) in [5.41, 5.74) is 6.17. The molecule has 2 heteroatoms. The van der Waals surface area contributed by atoms with E-state index in [-0.39, 0.29) is 0 Å². The van der Waals surface area contributed by atoms with Gasteiger partial charge in [0.15, 0.2) is 0 Å². The van der Waals surface area contributed by atoms with E-state index >= 15 is 0 Å². The Labute approximate surface area is 126 Å². The Kier molecular flexibility index (Phi) is 3.82. The minimum Gasteiger partial charge on any atom is -0.310 e. The van der Waals surface area contributed by atoms with Gasteiger partial charge >= 0.3 is 0 Å². The first-order valence-electron chi connectivity index (χ1n) is 7.23. The molecule has 0 spiro atoms. The van der Waals surface area contributed by atoms with E-state index in [2.05, 4.69) is 55.6 Å². The lowest BCUT2D eigenvalue weighted by Gasteiger charge is -2.11. The van der Waals surface area contributed by atoms with Crippen LogP contribution in [0.15, 0.2) is 36.4 Å². The van der Waals surface area contributed by atoms with Gasteiger partial charge in [-0.3, -0.25) is 0 Å². The van der Waals surface area contributed by atoms with Crippen molar-refractivity contribution in [2.75, 3.05) is 0 Å². The van der Waals surface area contributed by atoms with Crippen LogP contribution in [0.1, 0.15) is 29.5 Å². The number of halogens is 1. The minimum atomic E-state index is 0.729. The highest BCUT2D eigenvalue weighted by Gasteiger charge is 2.20. The molecule has 20 heavy (non-hydrogen) atoms. The van der Waals surface area contributed by atoms with Crippen LogP contribution in [0.2, 0.25) is 5.02 Å². The largest absolute Gasteiger partial charge is 0.310 e. The van der Waals surface area contributed by atoms with Gasteiger partial charge in [-0.2, -0.15) is 0 Å². The third kappa shape index (κ3) is 3.05. The maximum atomic E-state index is 6.48. The molecule has 0 unspecified atom stereocenters. The van der Waals surface area contributed by atoms with Crippen LogP contribution >= 0.6 is 11.6 Å². The molecule has 0 amide bonds. The van der Waals surface area contributed by atoms with Crippen LogP contribution in [0.4, 0.5) is 0 Å². The van der Waals surface area contributed by atoms with E-state index in [0.29, 0.717) is 0 Å². The molecular weight excluding hydrogens is 266 g/mol. The average molecular weight is 286 g/mol. The Morgan fingerprint density at radius 1 is 1.05 bits per heavy atom. The van der Waals surface area contributed by atoms with Gasteiger partial charge in [0, 0.05) is 23.2 Å². The molecule has 1 fully saturated rings. The molecule has 0 atom stereocenters. The third-order valence-electron chi connectivity index (χ3n) is 3.88. The van der Waals surface area contributed by atoms with Crippen molar-refractivity contribution in [3.63, 3.8) is 0 Å². The van der Waals surface area contributed by atoms with Gasteiger partial charge in [-0.05, 0) is 49.4 Å². The first-order valence-corrected chi connectivity index (χ1v) is 7.61. The molecule has 1 N–H and O–H groups in total. The zero-order chi connectivity index (χ0) is 14.1. The SMILES string of the molecule is Cc1ccc(-c2ccc(CNC3CC3)cc2Cl)c(C)c1. The highest BCUT2D eigenvalue weighted by molar-refractivity contribution is 6.33. The summed E-state index contributed by atoms with van der Waals surface area (Å²) in [7, 11) is 0. The van der Waals surface area contributed by atoms with E-state index in [1.54, 1.807) is 0 Å². The topological polar surface area (TPSA) is 12.0 Å². The lowest BCUT2D eigenvalue weighted by atomic mass is 9.98. The van der Waals surface area contributed by atoms with Crippen LogP contribution in [-0.4, -0.2) is 6.04 Å². The van der Waals surface area contributed by atoms with Crippen molar-refractivity contribution in [3.05, 3.63) is 58.1 Å². The molecule has 1 nitrogen and oxygen atoms in total. The highest BCUT2D eigenvalue weighted by atomic mass is 35.5. The Morgan fingerprint density at radius 2 is 1.80 bits per heavy atom. The molecule has 0 aliphatic heterocycles. The fraction of sp³-hybridized carbons (Fsp3) is 0.333. The van der Waals surface area contributed by atoms with Gasteiger partial charge in [-0.15, -0.1) is 0 Å². The van der Waals surface area contributed by atoms with Gasteiger partial charge in [0.2, 0.25) is 0 Å². The summed E-state index contributed by atoms with van der Waals surface area (Å²) in [5.74, 6) is 0. The Morgan fingerprint density at radius 3 is 2.45 bits per heavy atom. The van der Waals surface area contributed by atoms with Gasteiger partial charge in [0.05, 0.1) is 0 Å². The predicted molar refractivity (Wildman–Crippen MR) is 86.2 cm³/mol. The number of aryl methyl sites for hydroxylation is 2. The molecule has 104 valence electrons. The number of hydrogen-bond acceptors (Lipinski definition) is 1. The molecule has 1 aliphatic carbocycles. The smallest absolute Gasteiger partial charge is 0.0487 e. The lowest BCUT2D eigenvalue weighted by Crippen LogP contribution is -2.15. The molecule has 0 bridgehead atoms. The summed E-state index contributed by atoms with van der Waals surface area (Å²) < 4.78 is 0. The van der Waals surface area contributed by atoms with Crippen molar-refractivity contribution in [2.24, 2.45) is 0 Å². The van der Waals surface area contributed by atoms with Crippen LogP contribution in [0.25, 0.3) is 11.1 Å². The molecule has 2 aromatic rings. The molecule has 0 heterocycles. The summed E-state index contributed by atoms with van der Waals surface area (Å²) in [6.07, 6.45) is 2.63. The van der Waals surface area contributed by atoms with Crippen molar-refractivity contribution in [1.82, 2.24) is 5.32 Å². The van der Waals surface area contributed by atoms with Crippen LogP contribution in [0.3, 0.4) is 0 Å². The van der Waals surface area contributed by atoms with Crippen molar-refractivity contribution in [1.29, 1.82) is 0 Å². The molecule has 1 aliphatic rings. The quantitative estimate of drug-likeness (QED) is 0.844. The second kappa shape index (κ2) is 5.59. The highest BCUT2D eigenvalue weighted by Crippen LogP contribution is 2.31. The number of rotatable bonds is 4. The zero-order valence-corrected chi connectivity index (χ0v) is 12.8. The maximum Gasteiger partial charge on any atom is 0.0487 e. The number of hydrogen-bond donors (Lipinski definition) is 1. The first-order chi connectivity index (χ1) is 9.63. The van der Waals surface area contributed by atoms with E-state index in [0.717, 1.165) is 23.2 Å². The molecular formula is C18H20ClN. The molecule has 1 saturated carbocycles. The first kappa shape index (κ1) is 13.7. The maximum absolute atomic E-state index is 6.48. The predicted octanol–water partition coefficient (Wildman–Crippen LogP) is 4.88. The van der Waals surface area contributed by atoms with Crippen LogP contribution in [0.5, 0.6) is 0 Å². The summed E-state index contributed by atoms with van der Waals surface area (Å²) in [5, 5.41) is 4.36. The average Bonchev–Trinajstić information content (AvgIpc) is 3.22. The van der Waals surface area contributed by atoms with Crippen LogP contribution in [-0.2, 0) is 6.54 Å². The fourth-order valence-electron chi connectivity index (χ4n) is 2.55. The van der Waals surface area contributed by atoms with Crippen molar-refractivity contribution in [3.8, 4) is 11.1 Å². The van der Waals surface area contributed by atoms with Crippen molar-refractivity contribution in [2.45, 2.75) is 39.3 Å². The Hall–Kier alpha value is -1.31. The van der Waals surface area contributed by atoms with Crippen LogP contribution in [0, 0.1) is 13.8 Å². The fourth-order valence-corrected chi connectivity index (χ4v) is 2.86. The molecule has 2 aromatic carbocycles. The summed E-state index contributed by atoms with van der Waals surface area (Å²) in [4.78, 5) is 0. The summed E-state index contributed by atoms with van der Waals surface area (Å²) >= 11 is 6.48. The van der Waals surface area contributed by atoms with Gasteiger partial charge in [0.1, 0.15) is 0 Å². The van der Waals surface area contributed by atoms with E-state index in [1.807, 2.05) is 0 Å². The van der Waals surface area contributed by atoms with E-state index in [4.69, 9.17) is 11.6 Å². The summed E-state index contributed by atoms with van der Waals surface area (Å²) in [6, 6.07) is 13.6. The standard InChI is InChI=1S/C18H20ClN/c1-12-3-7-16(13(2)9-12)17-8-4-14(10-18(17)19)11-20-15-5-6-15/h3-4,7-10,15,20H,5-6,11H2,1-2H3. The molecule has 0 saturated heterocycles. The molecule has 0 radical (unpaired) electrons. The lowest BCUT2D eigenvalue weighted by molar-refractivity contribution is 0.688.